The van der Waals surface area contributed by atoms with Crippen LogP contribution in [-0.2, 0) is 4.79 Å². The number of aromatic amines is 1. The van der Waals surface area contributed by atoms with Crippen LogP contribution in [0.2, 0.25) is 0 Å². The van der Waals surface area contributed by atoms with Crippen LogP contribution in [0.25, 0.3) is 0 Å². The molecule has 1 atom stereocenters. The topological polar surface area (TPSA) is 76.1 Å². The van der Waals surface area contributed by atoms with Crippen molar-refractivity contribution in [3.8, 4) is 5.75 Å². The molecule has 158 valence electrons. The quantitative estimate of drug-likeness (QED) is 0.570. The monoisotopic (exact) mass is 417 g/mol. The lowest BCUT2D eigenvalue weighted by molar-refractivity contribution is -0.113. The number of fused-ring (bicyclic) bond motifs is 1. The Morgan fingerprint density at radius 2 is 1.86 bits per heavy atom. The third-order valence-corrected chi connectivity index (χ3v) is 6.64. The van der Waals surface area contributed by atoms with Crippen molar-refractivity contribution in [1.29, 1.82) is 0 Å². The molecule has 2 heterocycles. The van der Waals surface area contributed by atoms with Crippen molar-refractivity contribution in [3.63, 3.8) is 0 Å². The predicted octanol–water partition coefficient (Wildman–Crippen LogP) is 4.88. The van der Waals surface area contributed by atoms with Gasteiger partial charge < -0.3 is 10.1 Å². The highest BCUT2D eigenvalue weighted by Gasteiger charge is 2.31. The molecule has 0 spiro atoms. The van der Waals surface area contributed by atoms with Gasteiger partial charge in [0.25, 0.3) is 5.56 Å². The van der Waals surface area contributed by atoms with Crippen LogP contribution in [0.1, 0.15) is 75.3 Å². The third-order valence-electron chi connectivity index (χ3n) is 5.37. The summed E-state index contributed by atoms with van der Waals surface area (Å²) in [6.45, 7) is 7.06. The van der Waals surface area contributed by atoms with Crippen LogP contribution in [0, 0.1) is 0 Å². The van der Waals surface area contributed by atoms with Gasteiger partial charge in [-0.3, -0.25) is 19.4 Å². The normalized spacial score (nSPS) is 16.4. The van der Waals surface area contributed by atoms with E-state index in [-0.39, 0.29) is 22.8 Å². The Bertz CT molecular complexity index is 868. The minimum absolute atomic E-state index is 0.0756. The molecule has 0 saturated carbocycles. The maximum atomic E-state index is 12.9. The zero-order valence-corrected chi connectivity index (χ0v) is 18.3. The maximum absolute atomic E-state index is 12.9. The number of amides is 1. The highest BCUT2D eigenvalue weighted by molar-refractivity contribution is 8.00. The molecule has 1 aromatic heterocycles. The number of rotatable bonds is 9. The lowest BCUT2D eigenvalue weighted by atomic mass is 10.1. The summed E-state index contributed by atoms with van der Waals surface area (Å²) < 4.78 is 7.65. The lowest BCUT2D eigenvalue weighted by Gasteiger charge is -2.18. The number of benzene rings is 1. The number of carbonyl (C=O) groups is 1. The summed E-state index contributed by atoms with van der Waals surface area (Å²) in [6.07, 6.45) is 5.14. The summed E-state index contributed by atoms with van der Waals surface area (Å²) in [7, 11) is 0. The van der Waals surface area contributed by atoms with Gasteiger partial charge in [0, 0.05) is 0 Å². The molecule has 0 unspecified atom stereocenters. The van der Waals surface area contributed by atoms with E-state index in [2.05, 4.69) is 31.2 Å². The number of H-pyrrole nitrogens is 1. The molecule has 1 aliphatic rings. The molecule has 0 saturated heterocycles. The number of hydrogen-bond donors (Lipinski definition) is 2. The molecule has 2 aromatic rings. The van der Waals surface area contributed by atoms with Gasteiger partial charge in [-0.05, 0) is 37.0 Å². The molecule has 0 fully saturated rings. The highest BCUT2D eigenvalue weighted by Crippen LogP contribution is 2.41. The largest absolute Gasteiger partial charge is 0.494 e. The van der Waals surface area contributed by atoms with E-state index < -0.39 is 0 Å². The van der Waals surface area contributed by atoms with Crippen LogP contribution < -0.4 is 15.6 Å². The highest BCUT2D eigenvalue weighted by atomic mass is 32.2. The average molecular weight is 418 g/mol. The Balaban J connectivity index is 1.89. The molecule has 1 aromatic carbocycles. The fraction of sp³-hybridized carbons (Fsp3) is 0.545. The first-order valence-corrected chi connectivity index (χ1v) is 11.6. The van der Waals surface area contributed by atoms with Gasteiger partial charge in [0.05, 0.1) is 29.2 Å². The summed E-state index contributed by atoms with van der Waals surface area (Å²) in [5.74, 6) is 1.69. The van der Waals surface area contributed by atoms with Crippen LogP contribution in [-0.4, -0.2) is 28.0 Å². The standard InChI is InChI=1S/C22H31N3O3S/c1-4-7-8-13-28-17-11-9-15(10-12-17)20-19-21(23-18(26)14-29-20)25(24-22(19)27)16(5-2)6-3/h9-12,16,20H,4-8,13-14H2,1-3H3,(H,23,26)(H,24,27)/t20-/m1/s1. The lowest BCUT2D eigenvalue weighted by Crippen LogP contribution is -2.19. The van der Waals surface area contributed by atoms with E-state index in [9.17, 15) is 9.59 Å². The van der Waals surface area contributed by atoms with E-state index >= 15 is 0 Å². The zero-order valence-electron chi connectivity index (χ0n) is 17.5. The fourth-order valence-corrected chi connectivity index (χ4v) is 4.84. The van der Waals surface area contributed by atoms with Crippen molar-refractivity contribution in [3.05, 3.63) is 45.7 Å². The minimum Gasteiger partial charge on any atom is -0.494 e. The zero-order chi connectivity index (χ0) is 20.8. The van der Waals surface area contributed by atoms with Gasteiger partial charge in [-0.15, -0.1) is 11.8 Å². The van der Waals surface area contributed by atoms with Crippen molar-refractivity contribution >= 4 is 23.5 Å². The van der Waals surface area contributed by atoms with Crippen molar-refractivity contribution in [1.82, 2.24) is 9.78 Å². The van der Waals surface area contributed by atoms with E-state index in [4.69, 9.17) is 4.74 Å². The van der Waals surface area contributed by atoms with Crippen LogP contribution in [0.3, 0.4) is 0 Å². The molecule has 1 aliphatic heterocycles. The van der Waals surface area contributed by atoms with Gasteiger partial charge >= 0.3 is 0 Å². The third kappa shape index (κ3) is 4.89. The number of hydrogen-bond acceptors (Lipinski definition) is 4. The first kappa shape index (κ1) is 21.6. The Morgan fingerprint density at radius 3 is 2.52 bits per heavy atom. The predicted molar refractivity (Wildman–Crippen MR) is 119 cm³/mol. The average Bonchev–Trinajstić information content (AvgIpc) is 2.92. The van der Waals surface area contributed by atoms with Gasteiger partial charge in [0.2, 0.25) is 5.91 Å². The molecule has 0 radical (unpaired) electrons. The van der Waals surface area contributed by atoms with Crippen LogP contribution in [0.4, 0.5) is 5.82 Å². The second kappa shape index (κ2) is 10.1. The van der Waals surface area contributed by atoms with E-state index in [0.717, 1.165) is 37.0 Å². The number of unbranched alkanes of at least 4 members (excludes halogenated alkanes) is 2. The van der Waals surface area contributed by atoms with Gasteiger partial charge in [-0.2, -0.15) is 0 Å². The van der Waals surface area contributed by atoms with Crippen LogP contribution in [0.15, 0.2) is 29.1 Å². The minimum atomic E-state index is -0.197. The van der Waals surface area contributed by atoms with Crippen LogP contribution >= 0.6 is 11.8 Å². The van der Waals surface area contributed by atoms with E-state index in [1.165, 1.54) is 18.2 Å². The Labute approximate surface area is 176 Å². The molecule has 6 nitrogen and oxygen atoms in total. The van der Waals surface area contributed by atoms with E-state index in [0.29, 0.717) is 23.7 Å². The summed E-state index contributed by atoms with van der Waals surface area (Å²) >= 11 is 1.49. The fourth-order valence-electron chi connectivity index (χ4n) is 3.72. The van der Waals surface area contributed by atoms with E-state index in [1.54, 1.807) is 0 Å². The number of anilines is 1. The van der Waals surface area contributed by atoms with Crippen molar-refractivity contribution in [2.24, 2.45) is 0 Å². The number of nitrogens with one attached hydrogen (secondary N) is 2. The molecular formula is C22H31N3O3S. The molecule has 1 amide bonds. The van der Waals surface area contributed by atoms with E-state index in [1.807, 2.05) is 28.9 Å². The van der Waals surface area contributed by atoms with Crippen LogP contribution in [0.5, 0.6) is 5.75 Å². The molecule has 0 bridgehead atoms. The molecule has 2 N–H and O–H groups in total. The van der Waals surface area contributed by atoms with Crippen molar-refractivity contribution < 1.29 is 9.53 Å². The number of nitrogens with zero attached hydrogens (tertiary/aromatic N) is 1. The maximum Gasteiger partial charge on any atom is 0.270 e. The smallest absolute Gasteiger partial charge is 0.270 e. The number of carbonyl (C=O) groups excluding carboxylic acids is 1. The summed E-state index contributed by atoms with van der Waals surface area (Å²) in [5, 5.41) is 5.73. The molecule has 3 rings (SSSR count). The second-order valence-corrected chi connectivity index (χ2v) is 8.50. The van der Waals surface area contributed by atoms with Gasteiger partial charge in [-0.25, -0.2) is 0 Å². The summed E-state index contributed by atoms with van der Waals surface area (Å²) in [4.78, 5) is 25.2. The number of thioether (sulfide) groups is 1. The van der Waals surface area contributed by atoms with Crippen molar-refractivity contribution in [2.75, 3.05) is 17.7 Å². The molecule has 29 heavy (non-hydrogen) atoms. The van der Waals surface area contributed by atoms with Gasteiger partial charge in [-0.1, -0.05) is 45.7 Å². The Morgan fingerprint density at radius 1 is 1.14 bits per heavy atom. The first-order chi connectivity index (χ1) is 14.1. The Hall–Kier alpha value is -2.15. The second-order valence-electron chi connectivity index (χ2n) is 7.41. The SMILES string of the molecule is CCCCCOc1ccc([C@H]2SCC(=O)Nc3c2c(=O)[nH]n3C(CC)CC)cc1. The molecule has 0 aliphatic carbocycles. The Kier molecular flexibility index (Phi) is 7.47. The van der Waals surface area contributed by atoms with Gasteiger partial charge in [0.1, 0.15) is 11.6 Å². The van der Waals surface area contributed by atoms with Crippen molar-refractivity contribution in [2.45, 2.75) is 64.2 Å². The molecular weight excluding hydrogens is 386 g/mol. The summed E-state index contributed by atoms with van der Waals surface area (Å²) in [5.41, 5.74) is 1.50. The number of aromatic nitrogens is 2. The first-order valence-electron chi connectivity index (χ1n) is 10.6. The number of ether oxygens (including phenoxy) is 1. The summed E-state index contributed by atoms with van der Waals surface area (Å²) in [6, 6.07) is 8.05. The molecule has 7 heteroatoms. The van der Waals surface area contributed by atoms with Gasteiger partial charge in [0.15, 0.2) is 0 Å².